The molecule has 1 aromatic carbocycles. The Morgan fingerprint density at radius 3 is 2.27 bits per heavy atom. The van der Waals surface area contributed by atoms with Gasteiger partial charge in [-0.2, -0.15) is 5.26 Å². The van der Waals surface area contributed by atoms with E-state index in [2.05, 4.69) is 4.90 Å². The molecule has 1 fully saturated rings. The van der Waals surface area contributed by atoms with E-state index in [1.807, 2.05) is 35.2 Å². The fourth-order valence-corrected chi connectivity index (χ4v) is 2.56. The monoisotopic (exact) mass is 309 g/mol. The standard InChI is InChI=1S/C16H21F2N3O/c1-16(17,18)13-21-9-7-20(8-10-21)12-14-2-4-15(5-3-14)22-11-6-19/h2-5H,7-13H2,1H3. The van der Waals surface area contributed by atoms with Crippen LogP contribution in [0.5, 0.6) is 5.75 Å². The summed E-state index contributed by atoms with van der Waals surface area (Å²) in [5.41, 5.74) is 1.15. The molecule has 4 nitrogen and oxygen atoms in total. The van der Waals surface area contributed by atoms with E-state index in [0.29, 0.717) is 18.8 Å². The van der Waals surface area contributed by atoms with Crippen molar-refractivity contribution in [3.05, 3.63) is 29.8 Å². The predicted molar refractivity (Wildman–Crippen MR) is 79.9 cm³/mol. The second-order valence-electron chi connectivity index (χ2n) is 5.71. The second kappa shape index (κ2) is 7.52. The highest BCUT2D eigenvalue weighted by Crippen LogP contribution is 2.17. The van der Waals surface area contributed by atoms with Crippen molar-refractivity contribution in [2.75, 3.05) is 39.3 Å². The van der Waals surface area contributed by atoms with E-state index in [0.717, 1.165) is 32.1 Å². The van der Waals surface area contributed by atoms with E-state index in [1.54, 1.807) is 0 Å². The molecular formula is C16H21F2N3O. The third-order valence-electron chi connectivity index (χ3n) is 3.60. The molecule has 0 N–H and O–H groups in total. The van der Waals surface area contributed by atoms with Gasteiger partial charge < -0.3 is 4.74 Å². The number of halogens is 2. The molecule has 0 bridgehead atoms. The predicted octanol–water partition coefficient (Wildman–Crippen LogP) is 2.36. The van der Waals surface area contributed by atoms with Gasteiger partial charge in [-0.05, 0) is 17.7 Å². The third-order valence-corrected chi connectivity index (χ3v) is 3.60. The summed E-state index contributed by atoms with van der Waals surface area (Å²) in [6.45, 7) is 4.59. The molecule has 6 heteroatoms. The van der Waals surface area contributed by atoms with Crippen LogP contribution in [0.15, 0.2) is 24.3 Å². The van der Waals surface area contributed by atoms with E-state index >= 15 is 0 Å². The zero-order chi connectivity index (χ0) is 16.0. The lowest BCUT2D eigenvalue weighted by molar-refractivity contribution is -0.0264. The highest BCUT2D eigenvalue weighted by atomic mass is 19.3. The highest BCUT2D eigenvalue weighted by molar-refractivity contribution is 5.27. The molecule has 1 aromatic rings. The van der Waals surface area contributed by atoms with E-state index in [4.69, 9.17) is 10.00 Å². The number of hydrogen-bond acceptors (Lipinski definition) is 4. The first-order valence-corrected chi connectivity index (χ1v) is 7.37. The first-order valence-electron chi connectivity index (χ1n) is 7.37. The Balaban J connectivity index is 1.77. The maximum absolute atomic E-state index is 13.0. The van der Waals surface area contributed by atoms with Crippen molar-refractivity contribution in [2.24, 2.45) is 0 Å². The normalized spacial score (nSPS) is 17.2. The first-order chi connectivity index (χ1) is 10.5. The number of alkyl halides is 2. The van der Waals surface area contributed by atoms with Crippen LogP contribution >= 0.6 is 0 Å². The molecule has 1 aliphatic rings. The molecule has 1 heterocycles. The lowest BCUT2D eigenvalue weighted by Crippen LogP contribution is -2.48. The van der Waals surface area contributed by atoms with Crippen LogP contribution in [0.1, 0.15) is 12.5 Å². The Bertz CT molecular complexity index is 500. The van der Waals surface area contributed by atoms with Crippen molar-refractivity contribution in [1.82, 2.24) is 9.80 Å². The summed E-state index contributed by atoms with van der Waals surface area (Å²) in [5, 5.41) is 8.46. The SMILES string of the molecule is CC(F)(F)CN1CCN(Cc2ccc(OCC#N)cc2)CC1. The molecule has 120 valence electrons. The molecule has 0 radical (unpaired) electrons. The molecule has 1 saturated heterocycles. The number of rotatable bonds is 6. The zero-order valence-electron chi connectivity index (χ0n) is 12.8. The van der Waals surface area contributed by atoms with Gasteiger partial charge in [0.25, 0.3) is 5.92 Å². The fraction of sp³-hybridized carbons (Fsp3) is 0.562. The Kier molecular flexibility index (Phi) is 5.69. The number of nitriles is 1. The van der Waals surface area contributed by atoms with Crippen LogP contribution in [0.3, 0.4) is 0 Å². The molecule has 0 aliphatic carbocycles. The average molecular weight is 309 g/mol. The van der Waals surface area contributed by atoms with Crippen molar-refractivity contribution in [1.29, 1.82) is 5.26 Å². The van der Waals surface area contributed by atoms with Gasteiger partial charge in [-0.1, -0.05) is 12.1 Å². The number of ether oxygens (including phenoxy) is 1. The van der Waals surface area contributed by atoms with E-state index in [9.17, 15) is 8.78 Å². The average Bonchev–Trinajstić information content (AvgIpc) is 2.47. The van der Waals surface area contributed by atoms with Gasteiger partial charge in [0.15, 0.2) is 6.61 Å². The smallest absolute Gasteiger partial charge is 0.257 e. The summed E-state index contributed by atoms with van der Waals surface area (Å²) in [6, 6.07) is 9.57. The van der Waals surface area contributed by atoms with Crippen LogP contribution in [0.4, 0.5) is 8.78 Å². The Labute approximate surface area is 129 Å². The molecule has 0 aromatic heterocycles. The Hall–Kier alpha value is -1.71. The van der Waals surface area contributed by atoms with Crippen LogP contribution in [-0.4, -0.2) is 55.1 Å². The lowest BCUT2D eigenvalue weighted by atomic mass is 10.2. The minimum absolute atomic E-state index is 0.0450. The quantitative estimate of drug-likeness (QED) is 0.809. The lowest BCUT2D eigenvalue weighted by Gasteiger charge is -2.35. The molecule has 0 spiro atoms. The van der Waals surface area contributed by atoms with Gasteiger partial charge >= 0.3 is 0 Å². The minimum Gasteiger partial charge on any atom is -0.479 e. The maximum atomic E-state index is 13.0. The molecule has 1 aliphatic heterocycles. The van der Waals surface area contributed by atoms with Crippen molar-refractivity contribution < 1.29 is 13.5 Å². The number of hydrogen-bond donors (Lipinski definition) is 0. The van der Waals surface area contributed by atoms with Gasteiger partial charge in [0, 0.05) is 39.6 Å². The third kappa shape index (κ3) is 5.58. The van der Waals surface area contributed by atoms with Gasteiger partial charge in [-0.3, -0.25) is 9.80 Å². The van der Waals surface area contributed by atoms with Gasteiger partial charge in [0.2, 0.25) is 0 Å². The minimum atomic E-state index is -2.62. The maximum Gasteiger partial charge on any atom is 0.257 e. The van der Waals surface area contributed by atoms with Gasteiger partial charge in [-0.25, -0.2) is 8.78 Å². The molecule has 0 unspecified atom stereocenters. The van der Waals surface area contributed by atoms with Crippen LogP contribution in [0.2, 0.25) is 0 Å². The largest absolute Gasteiger partial charge is 0.479 e. The summed E-state index contributed by atoms with van der Waals surface area (Å²) in [5.74, 6) is -1.94. The fourth-order valence-electron chi connectivity index (χ4n) is 2.56. The molecular weight excluding hydrogens is 288 g/mol. The van der Waals surface area contributed by atoms with Crippen LogP contribution < -0.4 is 4.74 Å². The number of piperazine rings is 1. The van der Waals surface area contributed by atoms with Gasteiger partial charge in [0.05, 0.1) is 6.54 Å². The summed E-state index contributed by atoms with van der Waals surface area (Å²) in [6.07, 6.45) is 0. The topological polar surface area (TPSA) is 39.5 Å². The molecule has 0 saturated carbocycles. The van der Waals surface area contributed by atoms with Crippen molar-refractivity contribution in [2.45, 2.75) is 19.4 Å². The zero-order valence-corrected chi connectivity index (χ0v) is 12.8. The van der Waals surface area contributed by atoms with E-state index in [1.165, 1.54) is 0 Å². The number of benzene rings is 1. The molecule has 0 atom stereocenters. The second-order valence-corrected chi connectivity index (χ2v) is 5.71. The summed E-state index contributed by atoms with van der Waals surface area (Å²) in [4.78, 5) is 4.07. The van der Waals surface area contributed by atoms with Crippen LogP contribution in [-0.2, 0) is 6.54 Å². The Morgan fingerprint density at radius 1 is 1.14 bits per heavy atom. The Morgan fingerprint density at radius 2 is 1.73 bits per heavy atom. The molecule has 22 heavy (non-hydrogen) atoms. The first kappa shape index (κ1) is 16.7. The van der Waals surface area contributed by atoms with Crippen LogP contribution in [0, 0.1) is 11.3 Å². The van der Waals surface area contributed by atoms with E-state index < -0.39 is 5.92 Å². The molecule has 2 rings (SSSR count). The van der Waals surface area contributed by atoms with Gasteiger partial charge in [-0.15, -0.1) is 0 Å². The summed E-state index contributed by atoms with van der Waals surface area (Å²) in [7, 11) is 0. The van der Waals surface area contributed by atoms with Crippen LogP contribution in [0.25, 0.3) is 0 Å². The van der Waals surface area contributed by atoms with Crippen molar-refractivity contribution in [3.63, 3.8) is 0 Å². The molecule has 0 amide bonds. The number of nitrogens with zero attached hydrogens (tertiary/aromatic N) is 3. The van der Waals surface area contributed by atoms with E-state index in [-0.39, 0.29) is 13.2 Å². The summed E-state index contributed by atoms with van der Waals surface area (Å²) >= 11 is 0. The van der Waals surface area contributed by atoms with Crippen molar-refractivity contribution >= 4 is 0 Å². The highest BCUT2D eigenvalue weighted by Gasteiger charge is 2.27. The summed E-state index contributed by atoms with van der Waals surface area (Å²) < 4.78 is 31.2. The van der Waals surface area contributed by atoms with Gasteiger partial charge in [0.1, 0.15) is 11.8 Å². The van der Waals surface area contributed by atoms with Crippen molar-refractivity contribution in [3.8, 4) is 11.8 Å².